The summed E-state index contributed by atoms with van der Waals surface area (Å²) in [7, 11) is 0. The van der Waals surface area contributed by atoms with Crippen LogP contribution in [0.25, 0.3) is 0 Å². The molecule has 0 fully saturated rings. The highest BCUT2D eigenvalue weighted by molar-refractivity contribution is 5.88. The fourth-order valence-corrected chi connectivity index (χ4v) is 3.58. The predicted octanol–water partition coefficient (Wildman–Crippen LogP) is 1.56. The fraction of sp³-hybridized carbons (Fsp3) is 0.500. The molecule has 2 bridgehead atoms. The van der Waals surface area contributed by atoms with Gasteiger partial charge in [0, 0.05) is 25.7 Å². The van der Waals surface area contributed by atoms with Crippen LogP contribution in [0, 0.1) is 0 Å². The zero-order valence-corrected chi connectivity index (χ0v) is 11.3. The van der Waals surface area contributed by atoms with E-state index in [0.717, 1.165) is 11.1 Å². The summed E-state index contributed by atoms with van der Waals surface area (Å²) in [5, 5.41) is 18.8. The van der Waals surface area contributed by atoms with E-state index in [4.69, 9.17) is 0 Å². The van der Waals surface area contributed by atoms with Gasteiger partial charge in [-0.3, -0.25) is 9.59 Å². The zero-order valence-electron chi connectivity index (χ0n) is 11.3. The summed E-state index contributed by atoms with van der Waals surface area (Å²) in [6.45, 7) is -0.273. The Morgan fingerprint density at radius 1 is 0.800 bits per heavy atom. The van der Waals surface area contributed by atoms with Crippen LogP contribution < -0.4 is 0 Å². The maximum Gasteiger partial charge on any atom is 0.134 e. The summed E-state index contributed by atoms with van der Waals surface area (Å²) in [6, 6.07) is 3.77. The molecule has 4 heteroatoms. The van der Waals surface area contributed by atoms with Crippen molar-refractivity contribution in [2.75, 3.05) is 0 Å². The van der Waals surface area contributed by atoms with Crippen molar-refractivity contribution in [1.29, 1.82) is 0 Å². The van der Waals surface area contributed by atoms with Crippen LogP contribution >= 0.6 is 0 Å². The first-order valence-electron chi connectivity index (χ1n) is 7.03. The Hall–Kier alpha value is -1.52. The summed E-state index contributed by atoms with van der Waals surface area (Å²) >= 11 is 0. The zero-order chi connectivity index (χ0) is 14.3. The molecule has 0 aromatic heterocycles. The predicted molar refractivity (Wildman–Crippen MR) is 72.3 cm³/mol. The maximum atomic E-state index is 12.0. The minimum atomic E-state index is -0.136. The molecule has 20 heavy (non-hydrogen) atoms. The summed E-state index contributed by atoms with van der Waals surface area (Å²) < 4.78 is 0. The van der Waals surface area contributed by atoms with Crippen LogP contribution in [0.4, 0.5) is 0 Å². The van der Waals surface area contributed by atoms with Crippen LogP contribution in [-0.2, 0) is 22.8 Å². The van der Waals surface area contributed by atoms with E-state index in [1.165, 1.54) is 0 Å². The third kappa shape index (κ3) is 2.19. The maximum absolute atomic E-state index is 12.0. The number of aliphatic hydroxyl groups excluding tert-OH is 2. The van der Waals surface area contributed by atoms with E-state index in [1.54, 1.807) is 0 Å². The lowest BCUT2D eigenvalue weighted by molar-refractivity contribution is -0.123. The van der Waals surface area contributed by atoms with E-state index >= 15 is 0 Å². The van der Waals surface area contributed by atoms with Crippen LogP contribution in [0.15, 0.2) is 12.1 Å². The Morgan fingerprint density at radius 2 is 1.15 bits per heavy atom. The molecule has 0 aliphatic heterocycles. The van der Waals surface area contributed by atoms with Gasteiger partial charge < -0.3 is 10.2 Å². The molecular formula is C16H18O4. The highest BCUT2D eigenvalue weighted by atomic mass is 16.3. The van der Waals surface area contributed by atoms with Crippen molar-refractivity contribution < 1.29 is 19.8 Å². The summed E-state index contributed by atoms with van der Waals surface area (Å²) in [6.07, 6.45) is 1.66. The van der Waals surface area contributed by atoms with E-state index in [9.17, 15) is 19.8 Å². The van der Waals surface area contributed by atoms with Gasteiger partial charge >= 0.3 is 0 Å². The van der Waals surface area contributed by atoms with Crippen molar-refractivity contribution in [3.63, 3.8) is 0 Å². The monoisotopic (exact) mass is 274 g/mol. The Balaban J connectivity index is 2.18. The largest absolute Gasteiger partial charge is 0.392 e. The van der Waals surface area contributed by atoms with E-state index in [0.29, 0.717) is 36.8 Å². The van der Waals surface area contributed by atoms with Crippen LogP contribution in [0.3, 0.4) is 0 Å². The van der Waals surface area contributed by atoms with Crippen molar-refractivity contribution in [3.05, 3.63) is 34.4 Å². The molecule has 0 saturated carbocycles. The van der Waals surface area contributed by atoms with Gasteiger partial charge in [0.15, 0.2) is 0 Å². The van der Waals surface area contributed by atoms with Crippen LogP contribution in [-0.4, -0.2) is 21.8 Å². The fourth-order valence-electron chi connectivity index (χ4n) is 3.58. The first kappa shape index (κ1) is 13.5. The van der Waals surface area contributed by atoms with E-state index in [2.05, 4.69) is 0 Å². The topological polar surface area (TPSA) is 74.6 Å². The Bertz CT molecular complexity index is 509. The lowest BCUT2D eigenvalue weighted by Crippen LogP contribution is -2.14. The smallest absolute Gasteiger partial charge is 0.134 e. The van der Waals surface area contributed by atoms with Crippen LogP contribution in [0.1, 0.15) is 59.8 Å². The third-order valence-electron chi connectivity index (χ3n) is 4.52. The molecule has 0 amide bonds. The molecule has 0 atom stereocenters. The van der Waals surface area contributed by atoms with Gasteiger partial charge in [-0.05, 0) is 34.1 Å². The molecule has 3 rings (SSSR count). The number of ketones is 2. The van der Waals surface area contributed by atoms with E-state index in [1.807, 2.05) is 12.1 Å². The number of carbonyl (C=O) groups is 2. The number of hydrogen-bond acceptors (Lipinski definition) is 4. The average molecular weight is 274 g/mol. The molecule has 2 N–H and O–H groups in total. The molecule has 1 aromatic rings. The SMILES string of the molecule is O=C1CC2CC(=O)CC(C1)c1cc(CO)c(CO)cc12. The van der Waals surface area contributed by atoms with Gasteiger partial charge in [0.05, 0.1) is 13.2 Å². The standard InChI is InChI=1S/C16H18O4/c17-7-11-5-15-9-1-13(19)3-10(4-14(20)2-9)16(15)6-12(11)8-18/h5-6,9-10,17-18H,1-4,7-8H2. The quantitative estimate of drug-likeness (QED) is 0.858. The molecule has 0 unspecified atom stereocenters. The van der Waals surface area contributed by atoms with Crippen LogP contribution in [0.5, 0.6) is 0 Å². The summed E-state index contributed by atoms with van der Waals surface area (Å²) in [5.74, 6) is 0.297. The molecule has 106 valence electrons. The van der Waals surface area contributed by atoms with Gasteiger partial charge in [-0.25, -0.2) is 0 Å². The lowest BCUT2D eigenvalue weighted by Gasteiger charge is -2.18. The molecule has 0 heterocycles. The highest BCUT2D eigenvalue weighted by Crippen LogP contribution is 2.43. The summed E-state index contributed by atoms with van der Waals surface area (Å²) in [5.41, 5.74) is 3.43. The highest BCUT2D eigenvalue weighted by Gasteiger charge is 2.35. The second kappa shape index (κ2) is 5.11. The Labute approximate surface area is 117 Å². The first-order valence-corrected chi connectivity index (χ1v) is 7.03. The van der Waals surface area contributed by atoms with Gasteiger partial charge in [0.2, 0.25) is 0 Å². The molecule has 0 saturated heterocycles. The van der Waals surface area contributed by atoms with Crippen molar-refractivity contribution in [1.82, 2.24) is 0 Å². The van der Waals surface area contributed by atoms with Gasteiger partial charge in [0.1, 0.15) is 11.6 Å². The van der Waals surface area contributed by atoms with Gasteiger partial charge in [0.25, 0.3) is 0 Å². The lowest BCUT2D eigenvalue weighted by atomic mass is 9.87. The van der Waals surface area contributed by atoms with Crippen molar-refractivity contribution in [2.24, 2.45) is 0 Å². The molecule has 2 aliphatic carbocycles. The molecule has 0 radical (unpaired) electrons. The van der Waals surface area contributed by atoms with Crippen LogP contribution in [0.2, 0.25) is 0 Å². The number of Topliss-reactive ketones (excluding diaryl/α,β-unsaturated/α-hetero) is 2. The number of hydrogen-bond donors (Lipinski definition) is 2. The van der Waals surface area contributed by atoms with E-state index < -0.39 is 0 Å². The van der Waals surface area contributed by atoms with Gasteiger partial charge in [-0.2, -0.15) is 0 Å². The first-order chi connectivity index (χ1) is 9.62. The third-order valence-corrected chi connectivity index (χ3v) is 4.52. The van der Waals surface area contributed by atoms with E-state index in [-0.39, 0.29) is 36.6 Å². The Kier molecular flexibility index (Phi) is 3.44. The molecular weight excluding hydrogens is 256 g/mol. The molecule has 4 nitrogen and oxygen atoms in total. The molecule has 0 spiro atoms. The molecule has 2 aliphatic rings. The second-order valence-corrected chi connectivity index (χ2v) is 5.85. The van der Waals surface area contributed by atoms with Crippen molar-refractivity contribution >= 4 is 11.6 Å². The number of benzene rings is 1. The average Bonchev–Trinajstić information content (AvgIpc) is 2.61. The minimum Gasteiger partial charge on any atom is -0.392 e. The summed E-state index contributed by atoms with van der Waals surface area (Å²) in [4.78, 5) is 23.9. The number of rotatable bonds is 2. The van der Waals surface area contributed by atoms with Gasteiger partial charge in [-0.15, -0.1) is 0 Å². The number of carbonyl (C=O) groups excluding carboxylic acids is 2. The number of aliphatic hydroxyl groups is 2. The Morgan fingerprint density at radius 3 is 1.45 bits per heavy atom. The van der Waals surface area contributed by atoms with Gasteiger partial charge in [-0.1, -0.05) is 12.1 Å². The normalized spacial score (nSPS) is 25.3. The second-order valence-electron chi connectivity index (χ2n) is 5.85. The van der Waals surface area contributed by atoms with Crippen molar-refractivity contribution in [2.45, 2.75) is 50.7 Å². The van der Waals surface area contributed by atoms with Crippen molar-refractivity contribution in [3.8, 4) is 0 Å². The molecule has 1 aromatic carbocycles. The minimum absolute atomic E-state index is 0.0597.